The summed E-state index contributed by atoms with van der Waals surface area (Å²) in [7, 11) is 16.0. The van der Waals surface area contributed by atoms with E-state index < -0.39 is 35.0 Å². The molecule has 6 nitrogen and oxygen atoms in total. The number of allylic oxidation sites excluding steroid dienone is 1. The monoisotopic (exact) mass is 462 g/mol. The van der Waals surface area contributed by atoms with Gasteiger partial charge in [-0.15, -0.1) is 11.3 Å². The van der Waals surface area contributed by atoms with Gasteiger partial charge in [0.2, 0.25) is 11.0 Å². The van der Waals surface area contributed by atoms with Crippen LogP contribution in [0.5, 0.6) is 0 Å². The van der Waals surface area contributed by atoms with Gasteiger partial charge in [0.15, 0.2) is 0 Å². The molecule has 2 heterocycles. The van der Waals surface area contributed by atoms with E-state index in [4.69, 9.17) is 23.5 Å². The van der Waals surface area contributed by atoms with Crippen molar-refractivity contribution in [2.45, 2.75) is 35.8 Å². The van der Waals surface area contributed by atoms with Gasteiger partial charge in [-0.1, -0.05) is 29.5 Å². The SMILES string of the molecule is [B]C([B])([B])NC(=O)C1(CO)C(c2ccc(C3CCC4=C3CNN4c3nccs3)cc2)C1(F)F. The molecule has 3 N–H and O–H groups in total. The Labute approximate surface area is 198 Å². The smallest absolute Gasteiger partial charge is 0.273 e. The average Bonchev–Trinajstić information content (AvgIpc) is 3.30. The molecular weight excluding hydrogens is 443 g/mol. The molecule has 0 spiro atoms. The highest BCUT2D eigenvalue weighted by molar-refractivity contribution is 7.13. The number of rotatable bonds is 6. The molecule has 3 atom stereocenters. The highest BCUT2D eigenvalue weighted by atomic mass is 32.1. The zero-order chi connectivity index (χ0) is 23.6. The predicted molar refractivity (Wildman–Crippen MR) is 123 cm³/mol. The van der Waals surface area contributed by atoms with Crippen molar-refractivity contribution in [3.05, 3.63) is 58.2 Å². The molecule has 6 radical (unpaired) electrons. The van der Waals surface area contributed by atoms with Gasteiger partial charge in [-0.25, -0.2) is 19.2 Å². The Kier molecular flexibility index (Phi) is 5.26. The number of anilines is 1. The van der Waals surface area contributed by atoms with Crippen molar-refractivity contribution in [1.29, 1.82) is 0 Å². The number of aliphatic hydroxyl groups excluding tert-OH is 1. The maximum absolute atomic E-state index is 14.8. The molecule has 1 amide bonds. The van der Waals surface area contributed by atoms with Crippen molar-refractivity contribution in [2.75, 3.05) is 18.2 Å². The standard InChI is InChI=1S/C21H19B3F2N4O2S/c22-21(23,24)29-17(32)19(10-31)16(20(19,25)26)12-3-1-11(2-4-12)13-5-6-15-14(13)9-28-30(15)18-27-7-8-33-18/h1-4,7-8,13,16,28,31H,5-6,9-10H2,(H,29,32). The first-order valence-electron chi connectivity index (χ1n) is 10.5. The lowest BCUT2D eigenvalue weighted by molar-refractivity contribution is -0.132. The number of aliphatic hydroxyl groups is 1. The van der Waals surface area contributed by atoms with Gasteiger partial charge in [0.05, 0.1) is 36.1 Å². The van der Waals surface area contributed by atoms with Gasteiger partial charge in [-0.3, -0.25) is 9.80 Å². The molecule has 0 saturated heterocycles. The average molecular weight is 462 g/mol. The van der Waals surface area contributed by atoms with Crippen LogP contribution in [0.15, 0.2) is 47.1 Å². The Morgan fingerprint density at radius 3 is 2.61 bits per heavy atom. The number of carbonyl (C=O) groups excluding carboxylic acids is 1. The third kappa shape index (κ3) is 3.45. The summed E-state index contributed by atoms with van der Waals surface area (Å²) in [6, 6.07) is 6.82. The van der Waals surface area contributed by atoms with Crippen molar-refractivity contribution in [3.8, 4) is 0 Å². The number of nitrogens with zero attached hydrogens (tertiary/aromatic N) is 2. The summed E-state index contributed by atoms with van der Waals surface area (Å²) in [5, 5.41) is 14.4. The Morgan fingerprint density at radius 2 is 2.00 bits per heavy atom. The fourth-order valence-corrected chi connectivity index (χ4v) is 5.81. The molecule has 1 fully saturated rings. The van der Waals surface area contributed by atoms with Gasteiger partial charge in [0.25, 0.3) is 5.92 Å². The lowest BCUT2D eigenvalue weighted by Gasteiger charge is -2.25. The van der Waals surface area contributed by atoms with Crippen LogP contribution in [-0.2, 0) is 4.79 Å². The molecule has 5 rings (SSSR count). The molecule has 164 valence electrons. The number of amides is 1. The predicted octanol–water partition coefficient (Wildman–Crippen LogP) is 1.24. The van der Waals surface area contributed by atoms with Crippen molar-refractivity contribution in [2.24, 2.45) is 5.41 Å². The summed E-state index contributed by atoms with van der Waals surface area (Å²) in [6.07, 6.45) is 3.57. The maximum atomic E-state index is 14.8. The van der Waals surface area contributed by atoms with Gasteiger partial charge in [-0.05, 0) is 29.5 Å². The van der Waals surface area contributed by atoms with Crippen LogP contribution in [0.2, 0.25) is 0 Å². The second-order valence-electron chi connectivity index (χ2n) is 8.79. The van der Waals surface area contributed by atoms with Crippen molar-refractivity contribution in [3.63, 3.8) is 0 Å². The van der Waals surface area contributed by atoms with E-state index in [-0.39, 0.29) is 11.5 Å². The molecule has 1 aromatic heterocycles. The van der Waals surface area contributed by atoms with Crippen LogP contribution in [0, 0.1) is 5.41 Å². The van der Waals surface area contributed by atoms with Crippen LogP contribution in [0.25, 0.3) is 0 Å². The summed E-state index contributed by atoms with van der Waals surface area (Å²) in [5.74, 6) is -5.98. The normalized spacial score (nSPS) is 28.2. The second kappa shape index (κ2) is 7.68. The molecule has 3 unspecified atom stereocenters. The summed E-state index contributed by atoms with van der Waals surface area (Å²) >= 11 is 1.56. The van der Waals surface area contributed by atoms with Gasteiger partial charge in [-0.2, -0.15) is 0 Å². The molecule has 33 heavy (non-hydrogen) atoms. The molecular formula is C21H19B3F2N4O2S. The van der Waals surface area contributed by atoms with Crippen molar-refractivity contribution >= 4 is 45.9 Å². The zero-order valence-corrected chi connectivity index (χ0v) is 18.4. The van der Waals surface area contributed by atoms with Crippen LogP contribution in [-0.4, -0.2) is 63.8 Å². The molecule has 3 aliphatic rings. The van der Waals surface area contributed by atoms with Gasteiger partial charge in [0.1, 0.15) is 5.41 Å². The van der Waals surface area contributed by atoms with Crippen LogP contribution in [0.4, 0.5) is 13.9 Å². The van der Waals surface area contributed by atoms with Gasteiger partial charge < -0.3 is 10.4 Å². The van der Waals surface area contributed by atoms with Crippen molar-refractivity contribution < 1.29 is 18.7 Å². The molecule has 12 heteroatoms. The number of thiazole rings is 1. The Hall–Kier alpha value is -2.17. The zero-order valence-electron chi connectivity index (χ0n) is 17.6. The topological polar surface area (TPSA) is 77.5 Å². The lowest BCUT2D eigenvalue weighted by Crippen LogP contribution is -2.54. The number of alkyl halides is 2. The molecule has 0 bridgehead atoms. The fraction of sp³-hybridized carbons (Fsp3) is 0.429. The molecule has 2 aromatic rings. The third-order valence-electron chi connectivity index (χ3n) is 6.79. The summed E-state index contributed by atoms with van der Waals surface area (Å²) < 4.78 is 29.6. The number of carbonyl (C=O) groups is 1. The number of hydrogen-bond donors (Lipinski definition) is 3. The Bertz CT molecular complexity index is 1110. The summed E-state index contributed by atoms with van der Waals surface area (Å²) in [6.45, 7) is -0.361. The molecule has 1 saturated carbocycles. The first-order chi connectivity index (χ1) is 15.6. The Morgan fingerprint density at radius 1 is 1.30 bits per heavy atom. The van der Waals surface area contributed by atoms with E-state index in [1.807, 2.05) is 27.8 Å². The number of hydrazine groups is 1. The minimum atomic E-state index is -3.47. The van der Waals surface area contributed by atoms with Gasteiger partial charge >= 0.3 is 0 Å². The number of aromatic nitrogens is 1. The first-order valence-corrected chi connectivity index (χ1v) is 11.4. The van der Waals surface area contributed by atoms with Gasteiger partial charge in [0, 0.05) is 29.7 Å². The second-order valence-corrected chi connectivity index (χ2v) is 9.66. The molecule has 2 aliphatic carbocycles. The largest absolute Gasteiger partial charge is 0.395 e. The Balaban J connectivity index is 1.37. The number of benzene rings is 1. The molecule has 1 aliphatic heterocycles. The lowest BCUT2D eigenvalue weighted by atomic mass is 9.49. The van der Waals surface area contributed by atoms with E-state index in [9.17, 15) is 18.7 Å². The van der Waals surface area contributed by atoms with E-state index in [0.717, 1.165) is 23.5 Å². The van der Waals surface area contributed by atoms with Crippen LogP contribution in [0.3, 0.4) is 0 Å². The minimum Gasteiger partial charge on any atom is -0.395 e. The minimum absolute atomic E-state index is 0.171. The fourth-order valence-electron chi connectivity index (χ4n) is 5.16. The first kappa shape index (κ1) is 22.6. The maximum Gasteiger partial charge on any atom is 0.273 e. The number of hydrogen-bond acceptors (Lipinski definition) is 6. The van der Waals surface area contributed by atoms with E-state index in [1.165, 1.54) is 11.3 Å². The van der Waals surface area contributed by atoms with Crippen LogP contribution >= 0.6 is 11.3 Å². The highest BCUT2D eigenvalue weighted by Crippen LogP contribution is 2.71. The molecule has 1 aromatic carbocycles. The number of halogens is 2. The van der Waals surface area contributed by atoms with Crippen LogP contribution in [0.1, 0.15) is 35.8 Å². The quantitative estimate of drug-likeness (QED) is 0.564. The van der Waals surface area contributed by atoms with E-state index >= 15 is 0 Å². The van der Waals surface area contributed by atoms with E-state index in [0.29, 0.717) is 6.54 Å². The van der Waals surface area contributed by atoms with E-state index in [2.05, 4.69) is 10.4 Å². The van der Waals surface area contributed by atoms with Crippen molar-refractivity contribution in [1.82, 2.24) is 15.7 Å². The third-order valence-corrected chi connectivity index (χ3v) is 7.55. The van der Waals surface area contributed by atoms with Crippen LogP contribution < -0.4 is 15.8 Å². The summed E-state index contributed by atoms with van der Waals surface area (Å²) in [5.41, 5.74) is 4.75. The number of nitrogens with one attached hydrogen (secondary N) is 2. The summed E-state index contributed by atoms with van der Waals surface area (Å²) in [4.78, 5) is 16.9. The highest BCUT2D eigenvalue weighted by Gasteiger charge is 2.84. The van der Waals surface area contributed by atoms with E-state index in [1.54, 1.807) is 29.7 Å².